The van der Waals surface area contributed by atoms with Crippen LogP contribution in [0.1, 0.15) is 12.8 Å². The van der Waals surface area contributed by atoms with Gasteiger partial charge < -0.3 is 20.1 Å². The van der Waals surface area contributed by atoms with Crippen molar-refractivity contribution in [3.63, 3.8) is 0 Å². The molecule has 0 unspecified atom stereocenters. The molecule has 1 aliphatic rings. The molecule has 1 fully saturated rings. The van der Waals surface area contributed by atoms with E-state index in [1.165, 1.54) is 0 Å². The Hall–Kier alpha value is -2.51. The molecule has 0 radical (unpaired) electrons. The molecule has 1 aliphatic heterocycles. The van der Waals surface area contributed by atoms with Crippen LogP contribution >= 0.6 is 11.6 Å². The minimum absolute atomic E-state index is 0.506. The normalized spacial score (nSPS) is 15.2. The number of nitrogens with two attached hydrogens (primary N) is 1. The molecule has 3 heterocycles. The first-order valence-electron chi connectivity index (χ1n) is 9.35. The molecule has 8 heteroatoms. The summed E-state index contributed by atoms with van der Waals surface area (Å²) in [7, 11) is 3.19. The Balaban J connectivity index is 1.67. The Morgan fingerprint density at radius 3 is 2.57 bits per heavy atom. The van der Waals surface area contributed by atoms with E-state index in [-0.39, 0.29) is 0 Å². The molecule has 0 amide bonds. The summed E-state index contributed by atoms with van der Waals surface area (Å²) in [5.74, 6) is 3.41. The predicted octanol–water partition coefficient (Wildman–Crippen LogP) is 3.24. The van der Waals surface area contributed by atoms with Crippen molar-refractivity contribution in [3.8, 4) is 22.8 Å². The molecule has 0 saturated carbocycles. The molecule has 7 nitrogen and oxygen atoms in total. The quantitative estimate of drug-likeness (QED) is 0.707. The molecule has 28 heavy (non-hydrogen) atoms. The lowest BCUT2D eigenvalue weighted by atomic mass is 9.97. The lowest BCUT2D eigenvalue weighted by molar-refractivity contribution is 0.395. The molecule has 0 spiro atoms. The van der Waals surface area contributed by atoms with Crippen LogP contribution in [0.2, 0.25) is 5.02 Å². The van der Waals surface area contributed by atoms with Gasteiger partial charge in [-0.05, 0) is 37.4 Å². The van der Waals surface area contributed by atoms with Crippen LogP contribution in [0, 0.1) is 5.92 Å². The van der Waals surface area contributed by atoms with Crippen molar-refractivity contribution < 1.29 is 9.47 Å². The molecular weight excluding hydrogens is 378 g/mol. The molecule has 3 aromatic rings. The van der Waals surface area contributed by atoms with Gasteiger partial charge in [0.1, 0.15) is 17.3 Å². The third-order valence-corrected chi connectivity index (χ3v) is 5.63. The Morgan fingerprint density at radius 1 is 1.14 bits per heavy atom. The average Bonchev–Trinajstić information content (AvgIpc) is 3.16. The van der Waals surface area contributed by atoms with Crippen LogP contribution in [-0.4, -0.2) is 48.2 Å². The molecule has 2 aromatic heterocycles. The largest absolute Gasteiger partial charge is 0.496 e. The van der Waals surface area contributed by atoms with Gasteiger partial charge in [-0.15, -0.1) is 0 Å². The topological polar surface area (TPSA) is 77.9 Å². The summed E-state index contributed by atoms with van der Waals surface area (Å²) in [6.07, 6.45) is 6.11. The highest BCUT2D eigenvalue weighted by molar-refractivity contribution is 6.32. The van der Waals surface area contributed by atoms with Gasteiger partial charge in [0.2, 0.25) is 5.78 Å². The van der Waals surface area contributed by atoms with Crippen molar-refractivity contribution in [1.29, 1.82) is 0 Å². The van der Waals surface area contributed by atoms with Crippen LogP contribution < -0.4 is 20.1 Å². The SMILES string of the molecule is COc1cc(OC)c(-c2cn3ccc(N4CCC(CN)CC4)nc3n2)cc1Cl. The number of imidazole rings is 1. The standard InChI is InChI=1S/C20H24ClN5O2/c1-27-17-10-18(28-2)15(21)9-14(17)16-12-26-8-5-19(24-20(26)23-16)25-6-3-13(11-22)4-7-25/h5,8-10,12-13H,3-4,6-7,11,22H2,1-2H3. The Morgan fingerprint density at radius 2 is 1.89 bits per heavy atom. The van der Waals surface area contributed by atoms with E-state index in [1.807, 2.05) is 22.9 Å². The summed E-state index contributed by atoms with van der Waals surface area (Å²) in [5.41, 5.74) is 7.34. The van der Waals surface area contributed by atoms with Crippen LogP contribution in [0.25, 0.3) is 17.0 Å². The Labute approximate surface area is 169 Å². The molecule has 2 N–H and O–H groups in total. The summed E-state index contributed by atoms with van der Waals surface area (Å²) >= 11 is 6.31. The third-order valence-electron chi connectivity index (χ3n) is 5.33. The maximum atomic E-state index is 6.31. The second-order valence-electron chi connectivity index (χ2n) is 6.97. The minimum atomic E-state index is 0.506. The fraction of sp³-hybridized carbons (Fsp3) is 0.400. The van der Waals surface area contributed by atoms with E-state index in [2.05, 4.69) is 4.90 Å². The maximum absolute atomic E-state index is 6.31. The number of methoxy groups -OCH3 is 2. The minimum Gasteiger partial charge on any atom is -0.496 e. The van der Waals surface area contributed by atoms with E-state index < -0.39 is 0 Å². The first-order valence-corrected chi connectivity index (χ1v) is 9.73. The van der Waals surface area contributed by atoms with Gasteiger partial charge in [-0.25, -0.2) is 4.98 Å². The molecule has 1 aromatic carbocycles. The molecule has 148 valence electrons. The van der Waals surface area contributed by atoms with Gasteiger partial charge in [0.15, 0.2) is 0 Å². The number of piperidine rings is 1. The van der Waals surface area contributed by atoms with Gasteiger partial charge in [0.05, 0.1) is 24.9 Å². The van der Waals surface area contributed by atoms with Gasteiger partial charge in [-0.2, -0.15) is 4.98 Å². The Bertz CT molecular complexity index is 982. The third kappa shape index (κ3) is 3.47. The summed E-state index contributed by atoms with van der Waals surface area (Å²) < 4.78 is 12.7. The predicted molar refractivity (Wildman–Crippen MR) is 111 cm³/mol. The van der Waals surface area contributed by atoms with E-state index >= 15 is 0 Å². The number of anilines is 1. The molecule has 4 rings (SSSR count). The molecule has 1 saturated heterocycles. The molecule has 0 bridgehead atoms. The summed E-state index contributed by atoms with van der Waals surface area (Å²) in [5, 5.41) is 0.506. The van der Waals surface area contributed by atoms with Gasteiger partial charge in [-0.1, -0.05) is 11.6 Å². The number of benzene rings is 1. The van der Waals surface area contributed by atoms with Crippen LogP contribution in [0.5, 0.6) is 11.5 Å². The molecule has 0 atom stereocenters. The van der Waals surface area contributed by atoms with E-state index in [1.54, 1.807) is 26.4 Å². The summed E-state index contributed by atoms with van der Waals surface area (Å²) in [4.78, 5) is 11.8. The van der Waals surface area contributed by atoms with Gasteiger partial charge >= 0.3 is 0 Å². The number of halogens is 1. The molecule has 0 aliphatic carbocycles. The van der Waals surface area contributed by atoms with Crippen molar-refractivity contribution in [1.82, 2.24) is 14.4 Å². The number of aromatic nitrogens is 3. The van der Waals surface area contributed by atoms with Gasteiger partial charge in [0, 0.05) is 37.1 Å². The number of hydrogen-bond acceptors (Lipinski definition) is 6. The van der Waals surface area contributed by atoms with Crippen LogP contribution in [0.15, 0.2) is 30.6 Å². The van der Waals surface area contributed by atoms with Gasteiger partial charge in [0.25, 0.3) is 0 Å². The highest BCUT2D eigenvalue weighted by atomic mass is 35.5. The lowest BCUT2D eigenvalue weighted by Crippen LogP contribution is -2.36. The number of rotatable bonds is 5. The van der Waals surface area contributed by atoms with Gasteiger partial charge in [-0.3, -0.25) is 4.40 Å². The van der Waals surface area contributed by atoms with Crippen LogP contribution in [-0.2, 0) is 0 Å². The maximum Gasteiger partial charge on any atom is 0.236 e. The van der Waals surface area contributed by atoms with E-state index in [0.717, 1.165) is 49.6 Å². The summed E-state index contributed by atoms with van der Waals surface area (Å²) in [6.45, 7) is 2.71. The second-order valence-corrected chi connectivity index (χ2v) is 7.38. The number of nitrogens with zero attached hydrogens (tertiary/aromatic N) is 4. The number of fused-ring (bicyclic) bond motifs is 1. The zero-order chi connectivity index (χ0) is 19.7. The fourth-order valence-electron chi connectivity index (χ4n) is 3.63. The summed E-state index contributed by atoms with van der Waals surface area (Å²) in [6, 6.07) is 5.60. The first-order chi connectivity index (χ1) is 13.6. The van der Waals surface area contributed by atoms with E-state index in [0.29, 0.717) is 28.2 Å². The van der Waals surface area contributed by atoms with Crippen molar-refractivity contribution in [2.45, 2.75) is 12.8 Å². The second kappa shape index (κ2) is 7.85. The zero-order valence-corrected chi connectivity index (χ0v) is 16.8. The first kappa shape index (κ1) is 18.8. The van der Waals surface area contributed by atoms with Crippen LogP contribution in [0.3, 0.4) is 0 Å². The Kier molecular flexibility index (Phi) is 5.28. The smallest absolute Gasteiger partial charge is 0.236 e. The van der Waals surface area contributed by atoms with Crippen molar-refractivity contribution >= 4 is 23.2 Å². The average molecular weight is 402 g/mol. The van der Waals surface area contributed by atoms with Crippen molar-refractivity contribution in [2.75, 3.05) is 38.8 Å². The highest BCUT2D eigenvalue weighted by Gasteiger charge is 2.20. The number of ether oxygens (including phenoxy) is 2. The molecular formula is C20H24ClN5O2. The zero-order valence-electron chi connectivity index (χ0n) is 16.1. The van der Waals surface area contributed by atoms with E-state index in [9.17, 15) is 0 Å². The number of hydrogen-bond donors (Lipinski definition) is 1. The fourth-order valence-corrected chi connectivity index (χ4v) is 3.87. The van der Waals surface area contributed by atoms with Crippen molar-refractivity contribution in [3.05, 3.63) is 35.6 Å². The highest BCUT2D eigenvalue weighted by Crippen LogP contribution is 2.38. The van der Waals surface area contributed by atoms with Crippen molar-refractivity contribution in [2.24, 2.45) is 11.7 Å². The van der Waals surface area contributed by atoms with Crippen LogP contribution in [0.4, 0.5) is 5.82 Å². The lowest BCUT2D eigenvalue weighted by Gasteiger charge is -2.32. The monoisotopic (exact) mass is 401 g/mol. The van der Waals surface area contributed by atoms with E-state index in [4.69, 9.17) is 36.8 Å².